The lowest BCUT2D eigenvalue weighted by Crippen LogP contribution is -2.04. The van der Waals surface area contributed by atoms with E-state index in [4.69, 9.17) is 27.9 Å². The maximum absolute atomic E-state index is 9.76. The molecule has 0 aliphatic carbocycles. The van der Waals surface area contributed by atoms with Gasteiger partial charge in [-0.2, -0.15) is 0 Å². The first-order valence-corrected chi connectivity index (χ1v) is 9.23. The topological polar surface area (TPSA) is 68.1 Å². The number of ether oxygens (including phenoxy) is 1. The van der Waals surface area contributed by atoms with Gasteiger partial charge in [0.15, 0.2) is 5.82 Å². The number of benzene rings is 2. The van der Waals surface area contributed by atoms with Gasteiger partial charge in [0.05, 0.1) is 20.2 Å². The summed E-state index contributed by atoms with van der Waals surface area (Å²) in [5, 5.41) is 18.9. The van der Waals surface area contributed by atoms with Crippen LogP contribution in [-0.4, -0.2) is 20.3 Å². The fourth-order valence-corrected chi connectivity index (χ4v) is 3.59. The second-order valence-electron chi connectivity index (χ2n) is 4.91. The first-order valence-electron chi connectivity index (χ1n) is 6.89. The zero-order chi connectivity index (χ0) is 18.0. The molecule has 25 heavy (non-hydrogen) atoms. The van der Waals surface area contributed by atoms with Crippen molar-refractivity contribution in [2.75, 3.05) is 0 Å². The number of nitrogens with zero attached hydrogens (tertiary/aromatic N) is 3. The van der Waals surface area contributed by atoms with Crippen LogP contribution in [0.25, 0.3) is 11.3 Å². The van der Waals surface area contributed by atoms with Crippen LogP contribution >= 0.6 is 55.1 Å². The van der Waals surface area contributed by atoms with E-state index in [1.165, 1.54) is 0 Å². The molecule has 5 nitrogen and oxygen atoms in total. The second-order valence-corrected chi connectivity index (χ2v) is 7.46. The van der Waals surface area contributed by atoms with Crippen LogP contribution in [0.15, 0.2) is 45.5 Å². The van der Waals surface area contributed by atoms with Gasteiger partial charge in [-0.3, -0.25) is 0 Å². The Balaban J connectivity index is 1.74. The average molecular weight is 506 g/mol. The lowest BCUT2D eigenvalue weighted by Gasteiger charge is -2.08. The van der Waals surface area contributed by atoms with Gasteiger partial charge in [0.2, 0.25) is 0 Å². The molecule has 0 radical (unpaired) electrons. The van der Waals surface area contributed by atoms with Crippen molar-refractivity contribution in [3.63, 3.8) is 0 Å². The summed E-state index contributed by atoms with van der Waals surface area (Å²) in [7, 11) is 0. The highest BCUT2D eigenvalue weighted by atomic mass is 79.9. The Bertz CT molecular complexity index is 901. The Hall–Kier alpha value is -1.41. The van der Waals surface area contributed by atoms with E-state index < -0.39 is 0 Å². The number of phenols is 1. The van der Waals surface area contributed by atoms with Gasteiger partial charge in [-0.05, 0) is 62.2 Å². The van der Waals surface area contributed by atoms with E-state index in [9.17, 15) is 5.11 Å². The minimum Gasteiger partial charge on any atom is -0.506 e. The Labute approximate surface area is 170 Å². The fraction of sp³-hybridized carbons (Fsp3) is 0.0625. The van der Waals surface area contributed by atoms with E-state index in [1.54, 1.807) is 36.5 Å². The Morgan fingerprint density at radius 1 is 1.04 bits per heavy atom. The molecule has 0 saturated carbocycles. The van der Waals surface area contributed by atoms with Crippen LogP contribution < -0.4 is 4.74 Å². The van der Waals surface area contributed by atoms with Crippen molar-refractivity contribution in [2.45, 2.75) is 6.61 Å². The monoisotopic (exact) mass is 503 g/mol. The molecule has 0 fully saturated rings. The molecule has 0 aliphatic rings. The molecular weight excluding hydrogens is 497 g/mol. The number of hydrogen-bond acceptors (Lipinski definition) is 5. The van der Waals surface area contributed by atoms with Crippen LogP contribution in [0.4, 0.5) is 0 Å². The molecule has 1 aromatic heterocycles. The molecule has 0 unspecified atom stereocenters. The maximum Gasteiger partial charge on any atom is 0.188 e. The highest BCUT2D eigenvalue weighted by Gasteiger charge is 2.10. The number of halogens is 4. The molecule has 0 spiro atoms. The van der Waals surface area contributed by atoms with Crippen LogP contribution in [0.1, 0.15) is 5.82 Å². The summed E-state index contributed by atoms with van der Waals surface area (Å²) in [4.78, 5) is 4.24. The highest BCUT2D eigenvalue weighted by Crippen LogP contribution is 2.36. The first kappa shape index (κ1) is 18.4. The number of phenolic OH excluding ortho intramolecular Hbond substituents is 1. The molecular formula is C16H9Br2Cl2N3O2. The fourth-order valence-electron chi connectivity index (χ4n) is 1.95. The van der Waals surface area contributed by atoms with Gasteiger partial charge in [-0.25, -0.2) is 4.98 Å². The largest absolute Gasteiger partial charge is 0.506 e. The molecule has 0 amide bonds. The average Bonchev–Trinajstić information content (AvgIpc) is 2.59. The second kappa shape index (κ2) is 7.86. The van der Waals surface area contributed by atoms with Crippen LogP contribution in [0.2, 0.25) is 10.0 Å². The molecule has 3 rings (SSSR count). The molecule has 0 aliphatic heterocycles. The van der Waals surface area contributed by atoms with Crippen LogP contribution in [0.5, 0.6) is 11.5 Å². The molecule has 3 aromatic rings. The Morgan fingerprint density at radius 2 is 1.76 bits per heavy atom. The predicted molar refractivity (Wildman–Crippen MR) is 103 cm³/mol. The molecule has 128 valence electrons. The smallest absolute Gasteiger partial charge is 0.188 e. The lowest BCUT2D eigenvalue weighted by molar-refractivity contribution is 0.294. The first-order chi connectivity index (χ1) is 11.9. The molecule has 9 heteroatoms. The summed E-state index contributed by atoms with van der Waals surface area (Å²) >= 11 is 18.5. The molecule has 0 saturated heterocycles. The van der Waals surface area contributed by atoms with Gasteiger partial charge in [-0.1, -0.05) is 23.2 Å². The minimum atomic E-state index is 0.120. The van der Waals surface area contributed by atoms with Gasteiger partial charge >= 0.3 is 0 Å². The Morgan fingerprint density at radius 3 is 2.36 bits per heavy atom. The van der Waals surface area contributed by atoms with Gasteiger partial charge in [0, 0.05) is 10.6 Å². The lowest BCUT2D eigenvalue weighted by atomic mass is 10.1. The van der Waals surface area contributed by atoms with Crippen LogP contribution in [0, 0.1) is 0 Å². The van der Waals surface area contributed by atoms with Crippen molar-refractivity contribution >= 4 is 55.1 Å². The van der Waals surface area contributed by atoms with E-state index in [1.807, 2.05) is 0 Å². The van der Waals surface area contributed by atoms with Crippen molar-refractivity contribution in [3.8, 4) is 22.8 Å². The number of hydrogen-bond donors (Lipinski definition) is 1. The van der Waals surface area contributed by atoms with E-state index in [2.05, 4.69) is 47.0 Å². The number of aromatic nitrogens is 3. The zero-order valence-corrected chi connectivity index (χ0v) is 17.1. The van der Waals surface area contributed by atoms with Crippen molar-refractivity contribution in [2.24, 2.45) is 0 Å². The van der Waals surface area contributed by atoms with Gasteiger partial charge in [-0.15, -0.1) is 10.2 Å². The zero-order valence-electron chi connectivity index (χ0n) is 12.4. The highest BCUT2D eigenvalue weighted by molar-refractivity contribution is 9.11. The van der Waals surface area contributed by atoms with E-state index >= 15 is 0 Å². The third kappa shape index (κ3) is 4.41. The van der Waals surface area contributed by atoms with Crippen molar-refractivity contribution < 1.29 is 9.84 Å². The third-order valence-corrected chi connectivity index (χ3v) is 4.91. The van der Waals surface area contributed by atoms with E-state index in [0.717, 1.165) is 5.56 Å². The molecule has 1 N–H and O–H groups in total. The Kier molecular flexibility index (Phi) is 5.78. The number of rotatable bonds is 4. The van der Waals surface area contributed by atoms with Gasteiger partial charge < -0.3 is 9.84 Å². The van der Waals surface area contributed by atoms with Crippen molar-refractivity contribution in [1.82, 2.24) is 15.2 Å². The molecule has 0 bridgehead atoms. The molecule has 0 atom stereocenters. The minimum absolute atomic E-state index is 0.120. The molecule has 1 heterocycles. The van der Waals surface area contributed by atoms with E-state index in [-0.39, 0.29) is 12.4 Å². The van der Waals surface area contributed by atoms with Crippen LogP contribution in [-0.2, 0) is 6.61 Å². The van der Waals surface area contributed by atoms with Gasteiger partial charge in [0.25, 0.3) is 0 Å². The SMILES string of the molecule is Oc1c(Br)cc(-c2cnc(COc3ccc(Cl)cc3Cl)nn2)cc1Br. The summed E-state index contributed by atoms with van der Waals surface area (Å²) in [6.07, 6.45) is 1.58. The van der Waals surface area contributed by atoms with Gasteiger partial charge in [0.1, 0.15) is 23.8 Å². The predicted octanol–water partition coefficient (Wildman–Crippen LogP) is 5.66. The summed E-state index contributed by atoms with van der Waals surface area (Å²) in [6, 6.07) is 8.43. The number of aromatic hydroxyl groups is 1. The summed E-state index contributed by atoms with van der Waals surface area (Å²) in [6.45, 7) is 0.123. The van der Waals surface area contributed by atoms with E-state index in [0.29, 0.717) is 36.3 Å². The normalized spacial score (nSPS) is 10.7. The quantitative estimate of drug-likeness (QED) is 0.496. The standard InChI is InChI=1S/C16H9Br2Cl2N3O2/c17-10-3-8(4-11(18)16(10)24)13-6-21-15(23-22-13)7-25-14-2-1-9(19)5-12(14)20/h1-6,24H,7H2. The van der Waals surface area contributed by atoms with Crippen molar-refractivity contribution in [3.05, 3.63) is 61.3 Å². The maximum atomic E-state index is 9.76. The summed E-state index contributed by atoms with van der Waals surface area (Å²) in [5.41, 5.74) is 1.32. The summed E-state index contributed by atoms with van der Waals surface area (Å²) in [5.74, 6) is 1.02. The third-order valence-electron chi connectivity index (χ3n) is 3.17. The summed E-state index contributed by atoms with van der Waals surface area (Å²) < 4.78 is 6.66. The van der Waals surface area contributed by atoms with Crippen molar-refractivity contribution in [1.29, 1.82) is 0 Å². The molecule has 2 aromatic carbocycles. The van der Waals surface area contributed by atoms with Crippen LogP contribution in [0.3, 0.4) is 0 Å².